The second-order valence-corrected chi connectivity index (χ2v) is 12.1. The number of hydrogen-bond acceptors (Lipinski definition) is 11. The molecule has 15 heteroatoms. The summed E-state index contributed by atoms with van der Waals surface area (Å²) in [6, 6.07) is 7.46. The highest BCUT2D eigenvalue weighted by Crippen LogP contribution is 2.25. The summed E-state index contributed by atoms with van der Waals surface area (Å²) in [6.45, 7) is 2.88. The van der Waals surface area contributed by atoms with Crippen LogP contribution in [0.2, 0.25) is 0 Å². The molecule has 41 heavy (non-hydrogen) atoms. The third kappa shape index (κ3) is 7.11. The predicted molar refractivity (Wildman–Crippen MR) is 145 cm³/mol. The van der Waals surface area contributed by atoms with Gasteiger partial charge < -0.3 is 19.5 Å². The van der Waals surface area contributed by atoms with E-state index >= 15 is 0 Å². The average Bonchev–Trinajstić information content (AvgIpc) is 2.94. The van der Waals surface area contributed by atoms with Crippen molar-refractivity contribution >= 4 is 50.0 Å². The number of ether oxygens (including phenoxy) is 2. The first-order valence-corrected chi connectivity index (χ1v) is 14.7. The highest BCUT2D eigenvalue weighted by atomic mass is 32.2. The Morgan fingerprint density at radius 3 is 2.32 bits per heavy atom. The lowest BCUT2D eigenvalue weighted by atomic mass is 10.1. The van der Waals surface area contributed by atoms with Gasteiger partial charge in [-0.1, -0.05) is 29.8 Å². The largest absolute Gasteiger partial charge is 0.480 e. The summed E-state index contributed by atoms with van der Waals surface area (Å²) in [5, 5.41) is 11.0. The van der Waals surface area contributed by atoms with Crippen molar-refractivity contribution in [2.24, 2.45) is 0 Å². The van der Waals surface area contributed by atoms with Gasteiger partial charge in [0.25, 0.3) is 15.9 Å². The van der Waals surface area contributed by atoms with Gasteiger partial charge >= 0.3 is 12.1 Å². The number of aliphatic carboxylic acids is 1. The molecule has 4 rings (SSSR count). The van der Waals surface area contributed by atoms with Gasteiger partial charge in [-0.25, -0.2) is 22.3 Å². The number of amides is 2. The number of nitrogens with zero attached hydrogens (tertiary/aromatic N) is 2. The summed E-state index contributed by atoms with van der Waals surface area (Å²) in [5.74, 6) is -2.78. The first kappa shape index (κ1) is 30.2. The van der Waals surface area contributed by atoms with Gasteiger partial charge in [0.05, 0.1) is 24.7 Å². The standard InChI is InChI=1S/C26H27N3O10S2/c1-16-2-8-19(9-3-16)41(36,37)29(23(31)22-25(34)40-21(30)15-27-22)20(24(32)33)14-17-4-6-18(7-5-17)39-26(35)28-10-12-38-13-11-28/h2-9,20,22,27H,10-15H2,1H3,(H,32,33)/t20-,22?/m0/s1. The van der Waals surface area contributed by atoms with Crippen LogP contribution >= 0.6 is 11.8 Å². The number of rotatable bonds is 8. The molecule has 2 aromatic carbocycles. The molecule has 2 aromatic rings. The summed E-state index contributed by atoms with van der Waals surface area (Å²) in [5.41, 5.74) is 1.04. The number of morpholine rings is 1. The lowest BCUT2D eigenvalue weighted by molar-refractivity contribution is -0.147. The Bertz CT molecular complexity index is 1440. The summed E-state index contributed by atoms with van der Waals surface area (Å²) < 4.78 is 38.2. The summed E-state index contributed by atoms with van der Waals surface area (Å²) >= 11 is 0.262. The maximum atomic E-state index is 13.7. The van der Waals surface area contributed by atoms with Crippen LogP contribution in [-0.2, 0) is 40.4 Å². The van der Waals surface area contributed by atoms with Crippen LogP contribution in [0.5, 0.6) is 5.75 Å². The molecule has 0 saturated carbocycles. The van der Waals surface area contributed by atoms with E-state index in [0.29, 0.717) is 31.9 Å². The smallest absolute Gasteiger partial charge is 0.415 e. The van der Waals surface area contributed by atoms with Gasteiger partial charge in [-0.15, -0.1) is 0 Å². The molecule has 2 heterocycles. The van der Waals surface area contributed by atoms with Gasteiger partial charge in [-0.2, -0.15) is 0 Å². The normalized spacial score (nSPS) is 18.5. The first-order valence-electron chi connectivity index (χ1n) is 12.5. The quantitative estimate of drug-likeness (QED) is 0.405. The minimum absolute atomic E-state index is 0.177. The molecule has 2 fully saturated rings. The zero-order valence-corrected chi connectivity index (χ0v) is 23.5. The van der Waals surface area contributed by atoms with Crippen molar-refractivity contribution < 1.29 is 47.0 Å². The lowest BCUT2D eigenvalue weighted by Crippen LogP contribution is -2.59. The van der Waals surface area contributed by atoms with Crippen molar-refractivity contribution in [1.82, 2.24) is 14.5 Å². The van der Waals surface area contributed by atoms with Crippen LogP contribution in [0.4, 0.5) is 4.79 Å². The van der Waals surface area contributed by atoms with Crippen LogP contribution in [0, 0.1) is 6.92 Å². The van der Waals surface area contributed by atoms with Crippen molar-refractivity contribution in [3.8, 4) is 5.75 Å². The predicted octanol–water partition coefficient (Wildman–Crippen LogP) is 0.797. The van der Waals surface area contributed by atoms with Crippen LogP contribution in [0.3, 0.4) is 0 Å². The maximum Gasteiger partial charge on any atom is 0.415 e. The molecular weight excluding hydrogens is 578 g/mol. The zero-order chi connectivity index (χ0) is 29.7. The van der Waals surface area contributed by atoms with E-state index in [9.17, 15) is 37.5 Å². The number of carbonyl (C=O) groups excluding carboxylic acids is 4. The van der Waals surface area contributed by atoms with Crippen LogP contribution in [0.1, 0.15) is 11.1 Å². The molecule has 2 atom stereocenters. The van der Waals surface area contributed by atoms with Crippen LogP contribution < -0.4 is 10.1 Å². The fourth-order valence-electron chi connectivity index (χ4n) is 4.15. The number of carbonyl (C=O) groups is 5. The Balaban J connectivity index is 1.62. The van der Waals surface area contributed by atoms with E-state index < -0.39 is 56.7 Å². The Hall–Kier alpha value is -3.79. The zero-order valence-electron chi connectivity index (χ0n) is 21.8. The third-order valence-corrected chi connectivity index (χ3v) is 8.97. The molecule has 0 spiro atoms. The highest BCUT2D eigenvalue weighted by Gasteiger charge is 2.46. The molecule has 218 valence electrons. The molecule has 2 saturated heterocycles. The van der Waals surface area contributed by atoms with Crippen LogP contribution in [0.15, 0.2) is 53.4 Å². The summed E-state index contributed by atoms with van der Waals surface area (Å²) in [7, 11) is -4.77. The monoisotopic (exact) mass is 605 g/mol. The van der Waals surface area contributed by atoms with E-state index in [1.165, 1.54) is 53.4 Å². The topological polar surface area (TPSA) is 177 Å². The number of hydrogen-bond donors (Lipinski definition) is 2. The molecule has 13 nitrogen and oxygen atoms in total. The van der Waals surface area contributed by atoms with Crippen molar-refractivity contribution in [1.29, 1.82) is 0 Å². The van der Waals surface area contributed by atoms with Crippen molar-refractivity contribution in [3.05, 3.63) is 59.7 Å². The minimum Gasteiger partial charge on any atom is -0.480 e. The molecule has 0 aliphatic carbocycles. The number of thioether (sulfide) groups is 1. The fourth-order valence-corrected chi connectivity index (χ4v) is 6.38. The van der Waals surface area contributed by atoms with Crippen molar-refractivity contribution in [2.75, 3.05) is 32.8 Å². The van der Waals surface area contributed by atoms with Crippen molar-refractivity contribution in [3.63, 3.8) is 0 Å². The van der Waals surface area contributed by atoms with Crippen molar-refractivity contribution in [2.45, 2.75) is 30.3 Å². The third-order valence-electron chi connectivity index (χ3n) is 6.34. The van der Waals surface area contributed by atoms with E-state index in [1.807, 2.05) is 0 Å². The van der Waals surface area contributed by atoms with Gasteiger partial charge in [-0.3, -0.25) is 19.7 Å². The van der Waals surface area contributed by atoms with Crippen LogP contribution in [-0.4, -0.2) is 95.9 Å². The molecule has 2 aliphatic heterocycles. The molecule has 2 amide bonds. The Kier molecular flexibility index (Phi) is 9.42. The highest BCUT2D eigenvalue weighted by molar-refractivity contribution is 8.26. The summed E-state index contributed by atoms with van der Waals surface area (Å²) in [4.78, 5) is 63.6. The van der Waals surface area contributed by atoms with Gasteiger partial charge in [0.15, 0.2) is 6.04 Å². The van der Waals surface area contributed by atoms with Gasteiger partial charge in [-0.05, 0) is 48.5 Å². The average molecular weight is 606 g/mol. The van der Waals surface area contributed by atoms with Gasteiger partial charge in [0, 0.05) is 19.5 Å². The SMILES string of the molecule is Cc1ccc(S(=O)(=O)N(C(=O)C2NCC(=O)SC2=O)[C@@H](Cc2ccc(OC(=O)N3CCOCC3)cc2)C(=O)O)cc1. The fraction of sp³-hybridized carbons (Fsp3) is 0.346. The van der Waals surface area contributed by atoms with Crippen LogP contribution in [0.25, 0.3) is 0 Å². The molecule has 2 N–H and O–H groups in total. The molecule has 0 radical (unpaired) electrons. The van der Waals surface area contributed by atoms with Gasteiger partial charge in [0.1, 0.15) is 11.8 Å². The number of aryl methyl sites for hydroxylation is 1. The molecule has 1 unspecified atom stereocenters. The van der Waals surface area contributed by atoms with E-state index in [-0.39, 0.29) is 33.3 Å². The second-order valence-electron chi connectivity index (χ2n) is 9.23. The van der Waals surface area contributed by atoms with E-state index in [1.54, 1.807) is 6.92 Å². The second kappa shape index (κ2) is 12.8. The van der Waals surface area contributed by atoms with E-state index in [2.05, 4.69) is 5.32 Å². The molecule has 0 aromatic heterocycles. The number of benzene rings is 2. The maximum absolute atomic E-state index is 13.7. The number of sulfonamides is 1. The Labute approximate surface area is 239 Å². The number of nitrogens with one attached hydrogen (secondary N) is 1. The molecular formula is C26H27N3O10S2. The van der Waals surface area contributed by atoms with Gasteiger partial charge in [0.2, 0.25) is 10.2 Å². The summed E-state index contributed by atoms with van der Waals surface area (Å²) in [6.07, 6.45) is -1.04. The molecule has 0 bridgehead atoms. The Morgan fingerprint density at radius 1 is 1.10 bits per heavy atom. The minimum atomic E-state index is -4.77. The van der Waals surface area contributed by atoms with E-state index in [0.717, 1.165) is 5.56 Å². The first-order chi connectivity index (χ1) is 19.5. The number of carboxylic acid groups (broad SMARTS) is 1. The molecule has 2 aliphatic rings. The number of carboxylic acids is 1. The van der Waals surface area contributed by atoms with E-state index in [4.69, 9.17) is 9.47 Å². The Morgan fingerprint density at radius 2 is 1.73 bits per heavy atom. The lowest BCUT2D eigenvalue weighted by Gasteiger charge is -2.32.